The summed E-state index contributed by atoms with van der Waals surface area (Å²) in [5, 5.41) is 2.68. The molecular weight excluding hydrogens is 697 g/mol. The van der Waals surface area contributed by atoms with Gasteiger partial charge in [0.2, 0.25) is 0 Å². The fourth-order valence-corrected chi connectivity index (χ4v) is 13.6. The molecule has 2 aromatic heterocycles. The van der Waals surface area contributed by atoms with Gasteiger partial charge in [-0.1, -0.05) is 121 Å². The van der Waals surface area contributed by atoms with Gasteiger partial charge in [-0.25, -0.2) is 4.98 Å². The van der Waals surface area contributed by atoms with Crippen molar-refractivity contribution in [1.29, 1.82) is 0 Å². The van der Waals surface area contributed by atoms with Gasteiger partial charge in [0.05, 0.1) is 11.0 Å². The Hall–Kier alpha value is -5.77. The van der Waals surface area contributed by atoms with Crippen LogP contribution in [0.25, 0.3) is 81.7 Å². The molecule has 14 rings (SSSR count). The summed E-state index contributed by atoms with van der Waals surface area (Å²) in [6.07, 6.45) is 6.81. The van der Waals surface area contributed by atoms with Gasteiger partial charge in [0.15, 0.2) is 0 Å². The Labute approximate surface area is 331 Å². The van der Waals surface area contributed by atoms with Crippen LogP contribution in [0.4, 0.5) is 0 Å². The molecule has 268 valence electrons. The molecular formula is C53H40N2S. The fraction of sp³-hybridized carbons (Fsp3) is 0.189. The first kappa shape index (κ1) is 31.4. The second kappa shape index (κ2) is 11.6. The zero-order chi connectivity index (χ0) is 36.5. The second-order valence-corrected chi connectivity index (χ2v) is 18.2. The van der Waals surface area contributed by atoms with Crippen molar-refractivity contribution < 1.29 is 0 Å². The molecule has 7 aromatic carbocycles. The summed E-state index contributed by atoms with van der Waals surface area (Å²) in [5.41, 5.74) is 15.7. The molecule has 4 fully saturated rings. The summed E-state index contributed by atoms with van der Waals surface area (Å²) in [4.78, 5) is 5.72. The van der Waals surface area contributed by atoms with Gasteiger partial charge in [0, 0.05) is 36.8 Å². The van der Waals surface area contributed by atoms with Gasteiger partial charge in [-0.2, -0.15) is 0 Å². The van der Waals surface area contributed by atoms with Gasteiger partial charge < -0.3 is 0 Å². The molecule has 0 radical (unpaired) electrons. The van der Waals surface area contributed by atoms with Gasteiger partial charge in [0.1, 0.15) is 5.82 Å². The molecule has 2 nitrogen and oxygen atoms in total. The summed E-state index contributed by atoms with van der Waals surface area (Å²) in [7, 11) is 0. The average molecular weight is 737 g/mol. The smallest absolute Gasteiger partial charge is 0.146 e. The predicted octanol–water partition coefficient (Wildman–Crippen LogP) is 14.1. The van der Waals surface area contributed by atoms with Crippen LogP contribution in [0.15, 0.2) is 158 Å². The van der Waals surface area contributed by atoms with Crippen LogP contribution in [0.2, 0.25) is 0 Å². The highest BCUT2D eigenvalue weighted by atomic mass is 32.1. The van der Waals surface area contributed by atoms with Crippen molar-refractivity contribution in [2.45, 2.75) is 37.5 Å². The molecule has 0 saturated heterocycles. The monoisotopic (exact) mass is 736 g/mol. The molecule has 5 aliphatic carbocycles. The Kier molecular flexibility index (Phi) is 6.53. The third-order valence-electron chi connectivity index (χ3n) is 14.4. The van der Waals surface area contributed by atoms with Crippen LogP contribution in [0, 0.1) is 23.7 Å². The standard InChI is InChI=1S/C53H40N2S/c1-2-10-34(11-3-1)35-18-21-39(22-19-35)55-47-16-8-7-15-46(47)54-52(55)50-40(36-20-23-43-42-13-5-9-17-48(42)56-49(43)31-36)24-25-44-41-12-4-6-14-45(41)53(51(44)50)37-27-32-26-33(29-37)30-38(53)28-32/h1-25,31-33,37-38H,26-30H2. The molecule has 0 unspecified atom stereocenters. The van der Waals surface area contributed by atoms with Gasteiger partial charge in [-0.15, -0.1) is 11.3 Å². The number of imidazole rings is 1. The minimum Gasteiger partial charge on any atom is -0.292 e. The summed E-state index contributed by atoms with van der Waals surface area (Å²) < 4.78 is 5.17. The second-order valence-electron chi connectivity index (χ2n) is 17.1. The van der Waals surface area contributed by atoms with E-state index in [-0.39, 0.29) is 5.41 Å². The third-order valence-corrected chi connectivity index (χ3v) is 15.5. The number of nitrogens with zero attached hydrogens (tertiary/aromatic N) is 2. The first-order valence-corrected chi connectivity index (χ1v) is 21.4. The predicted molar refractivity (Wildman–Crippen MR) is 234 cm³/mol. The van der Waals surface area contributed by atoms with Crippen molar-refractivity contribution >= 4 is 42.5 Å². The molecule has 4 saturated carbocycles. The fourth-order valence-electron chi connectivity index (χ4n) is 12.5. The Morgan fingerprint density at radius 1 is 0.518 bits per heavy atom. The minimum atomic E-state index is -0.0213. The number of para-hydroxylation sites is 2. The topological polar surface area (TPSA) is 17.8 Å². The maximum atomic E-state index is 5.72. The maximum Gasteiger partial charge on any atom is 0.146 e. The summed E-state index contributed by atoms with van der Waals surface area (Å²) >= 11 is 1.91. The van der Waals surface area contributed by atoms with Crippen molar-refractivity contribution in [3.05, 3.63) is 169 Å². The number of hydrogen-bond donors (Lipinski definition) is 0. The Morgan fingerprint density at radius 3 is 2.02 bits per heavy atom. The van der Waals surface area contributed by atoms with Gasteiger partial charge in [-0.05, 0) is 137 Å². The van der Waals surface area contributed by atoms with Gasteiger partial charge >= 0.3 is 0 Å². The SMILES string of the molecule is c1ccc(-c2ccc(-n3c(-c4c(-c5ccc6c(c5)sc5ccccc56)ccc5c4C4(c6ccccc6-5)C5CC6CC(C5)CC4C6)nc4ccccc43)cc2)cc1. The van der Waals surface area contributed by atoms with Crippen molar-refractivity contribution in [2.24, 2.45) is 23.7 Å². The summed E-state index contributed by atoms with van der Waals surface area (Å²) in [6.45, 7) is 0. The number of fused-ring (bicyclic) bond motifs is 7. The van der Waals surface area contributed by atoms with E-state index in [0.717, 1.165) is 34.4 Å². The molecule has 56 heavy (non-hydrogen) atoms. The van der Waals surface area contributed by atoms with Crippen LogP contribution < -0.4 is 0 Å². The van der Waals surface area contributed by atoms with Crippen molar-refractivity contribution in [3.63, 3.8) is 0 Å². The van der Waals surface area contributed by atoms with Crippen LogP contribution >= 0.6 is 11.3 Å². The van der Waals surface area contributed by atoms with Crippen molar-refractivity contribution in [1.82, 2.24) is 9.55 Å². The van der Waals surface area contributed by atoms with Gasteiger partial charge in [0.25, 0.3) is 0 Å². The van der Waals surface area contributed by atoms with E-state index in [9.17, 15) is 0 Å². The quantitative estimate of drug-likeness (QED) is 0.176. The van der Waals surface area contributed by atoms with E-state index in [4.69, 9.17) is 4.98 Å². The average Bonchev–Trinajstić information content (AvgIpc) is 3.91. The zero-order valence-electron chi connectivity index (χ0n) is 31.2. The Bertz CT molecular complexity index is 3010. The number of aromatic nitrogens is 2. The van der Waals surface area contributed by atoms with Crippen LogP contribution in [0.3, 0.4) is 0 Å². The molecule has 9 aromatic rings. The highest BCUT2D eigenvalue weighted by Gasteiger charge is 2.62. The lowest BCUT2D eigenvalue weighted by Gasteiger charge is -2.61. The third kappa shape index (κ3) is 4.24. The van der Waals surface area contributed by atoms with Crippen LogP contribution in [0.5, 0.6) is 0 Å². The Balaban J connectivity index is 1.13. The first-order valence-electron chi connectivity index (χ1n) is 20.5. The number of hydrogen-bond acceptors (Lipinski definition) is 2. The maximum absolute atomic E-state index is 5.72. The molecule has 0 amide bonds. The molecule has 3 heteroatoms. The number of rotatable bonds is 4. The van der Waals surface area contributed by atoms with Gasteiger partial charge in [-0.3, -0.25) is 4.57 Å². The van der Waals surface area contributed by atoms with E-state index in [1.807, 2.05) is 11.3 Å². The normalized spacial score (nSPS) is 23.1. The molecule has 1 spiro atoms. The minimum absolute atomic E-state index is 0.0213. The summed E-state index contributed by atoms with van der Waals surface area (Å²) in [6, 6.07) is 59.2. The zero-order valence-corrected chi connectivity index (χ0v) is 32.0. The Morgan fingerprint density at radius 2 is 1.18 bits per heavy atom. The summed E-state index contributed by atoms with van der Waals surface area (Å²) in [5.74, 6) is 4.08. The van der Waals surface area contributed by atoms with Crippen LogP contribution in [-0.4, -0.2) is 9.55 Å². The van der Waals surface area contributed by atoms with Crippen molar-refractivity contribution in [2.75, 3.05) is 0 Å². The van der Waals surface area contributed by atoms with Crippen LogP contribution in [-0.2, 0) is 5.41 Å². The van der Waals surface area contributed by atoms with E-state index in [1.54, 1.807) is 11.1 Å². The lowest BCUT2D eigenvalue weighted by molar-refractivity contribution is -0.0397. The molecule has 2 heterocycles. The molecule has 0 aliphatic heterocycles. The van der Waals surface area contributed by atoms with E-state index >= 15 is 0 Å². The van der Waals surface area contributed by atoms with E-state index < -0.39 is 0 Å². The highest BCUT2D eigenvalue weighted by molar-refractivity contribution is 7.25. The first-order chi connectivity index (χ1) is 27.7. The molecule has 0 atom stereocenters. The molecule has 5 aliphatic rings. The van der Waals surface area contributed by atoms with E-state index in [2.05, 4.69) is 162 Å². The molecule has 4 bridgehead atoms. The lowest BCUT2D eigenvalue weighted by atomic mass is 9.42. The molecule has 0 N–H and O–H groups in total. The van der Waals surface area contributed by atoms with Crippen molar-refractivity contribution in [3.8, 4) is 50.5 Å². The largest absolute Gasteiger partial charge is 0.292 e. The van der Waals surface area contributed by atoms with E-state index in [1.165, 1.54) is 91.2 Å². The van der Waals surface area contributed by atoms with Crippen LogP contribution in [0.1, 0.15) is 43.2 Å². The highest BCUT2D eigenvalue weighted by Crippen LogP contribution is 2.71. The lowest BCUT2D eigenvalue weighted by Crippen LogP contribution is -2.55. The number of thiophene rings is 1. The van der Waals surface area contributed by atoms with E-state index in [0.29, 0.717) is 11.8 Å². The number of benzene rings is 7.